The van der Waals surface area contributed by atoms with Crippen LogP contribution in [-0.2, 0) is 9.59 Å². The van der Waals surface area contributed by atoms with Gasteiger partial charge in [-0.2, -0.15) is 13.2 Å². The Morgan fingerprint density at radius 1 is 1.33 bits per heavy atom. The Kier molecular flexibility index (Phi) is 4.20. The van der Waals surface area contributed by atoms with E-state index in [-0.39, 0.29) is 6.54 Å². The van der Waals surface area contributed by atoms with Crippen molar-refractivity contribution in [3.05, 3.63) is 0 Å². The minimum Gasteiger partial charge on any atom is -0.480 e. The highest BCUT2D eigenvalue weighted by atomic mass is 19.4. The van der Waals surface area contributed by atoms with Crippen LogP contribution in [0.4, 0.5) is 13.2 Å². The monoisotopic (exact) mass is 268 g/mol. The van der Waals surface area contributed by atoms with Gasteiger partial charge in [-0.25, -0.2) is 0 Å². The molecule has 0 unspecified atom stereocenters. The minimum absolute atomic E-state index is 0.0557. The Labute approximate surface area is 102 Å². The molecule has 18 heavy (non-hydrogen) atoms. The van der Waals surface area contributed by atoms with Gasteiger partial charge in [-0.1, -0.05) is 6.42 Å². The van der Waals surface area contributed by atoms with E-state index in [0.29, 0.717) is 17.7 Å². The first kappa shape index (κ1) is 14.7. The van der Waals surface area contributed by atoms with Crippen molar-refractivity contribution in [1.82, 2.24) is 4.90 Å². The average Bonchev–Trinajstić information content (AvgIpc) is 2.12. The van der Waals surface area contributed by atoms with Crippen LogP contribution in [0.5, 0.6) is 0 Å². The first-order valence-corrected chi connectivity index (χ1v) is 5.48. The van der Waals surface area contributed by atoms with Crippen LogP contribution in [-0.4, -0.2) is 47.7 Å². The number of carbonyl (C=O) groups is 2. The van der Waals surface area contributed by atoms with Crippen LogP contribution in [0.15, 0.2) is 0 Å². The lowest BCUT2D eigenvalue weighted by Crippen LogP contribution is -2.55. The molecule has 0 saturated heterocycles. The van der Waals surface area contributed by atoms with Gasteiger partial charge in [-0.05, 0) is 12.8 Å². The van der Waals surface area contributed by atoms with Gasteiger partial charge >= 0.3 is 12.1 Å². The predicted octanol–water partition coefficient (Wildman–Crippen LogP) is 0.591. The third-order valence-electron chi connectivity index (χ3n) is 3.14. The van der Waals surface area contributed by atoms with E-state index in [0.717, 1.165) is 6.42 Å². The zero-order chi connectivity index (χ0) is 14.0. The summed E-state index contributed by atoms with van der Waals surface area (Å²) in [6.45, 7) is -2.57. The predicted molar refractivity (Wildman–Crippen MR) is 55.6 cm³/mol. The fourth-order valence-corrected chi connectivity index (χ4v) is 2.02. The van der Waals surface area contributed by atoms with Crippen molar-refractivity contribution >= 4 is 11.9 Å². The summed E-state index contributed by atoms with van der Waals surface area (Å²) in [5, 5.41) is 8.57. The molecule has 0 spiro atoms. The first-order valence-electron chi connectivity index (χ1n) is 5.48. The number of amides is 1. The standard InChI is InChI=1S/C10H15F3N2O3/c11-10(12,13)6-15(4-7(16)17)8(18)9(5-14)2-1-3-9/h1-6,14H2,(H,16,17). The van der Waals surface area contributed by atoms with E-state index in [1.54, 1.807) is 0 Å². The molecule has 5 nitrogen and oxygen atoms in total. The highest BCUT2D eigenvalue weighted by molar-refractivity contribution is 5.87. The number of carbonyl (C=O) groups excluding carboxylic acids is 1. The summed E-state index contributed by atoms with van der Waals surface area (Å²) < 4.78 is 36.9. The van der Waals surface area contributed by atoms with Crippen LogP contribution >= 0.6 is 0 Å². The molecule has 0 aromatic rings. The van der Waals surface area contributed by atoms with Gasteiger partial charge in [0.05, 0.1) is 5.41 Å². The number of carboxylic acid groups (broad SMARTS) is 1. The molecule has 0 radical (unpaired) electrons. The second kappa shape index (κ2) is 5.13. The maximum Gasteiger partial charge on any atom is 0.406 e. The van der Waals surface area contributed by atoms with E-state index < -0.39 is 36.6 Å². The molecule has 0 heterocycles. The molecule has 0 atom stereocenters. The lowest BCUT2D eigenvalue weighted by molar-refractivity contribution is -0.174. The summed E-state index contributed by atoms with van der Waals surface area (Å²) in [4.78, 5) is 22.8. The fraction of sp³-hybridized carbons (Fsp3) is 0.800. The average molecular weight is 268 g/mol. The third-order valence-corrected chi connectivity index (χ3v) is 3.14. The molecule has 1 aliphatic carbocycles. The zero-order valence-electron chi connectivity index (χ0n) is 9.66. The Hall–Kier alpha value is -1.31. The molecule has 1 aliphatic rings. The van der Waals surface area contributed by atoms with Gasteiger partial charge in [0.1, 0.15) is 13.1 Å². The second-order valence-corrected chi connectivity index (χ2v) is 4.51. The smallest absolute Gasteiger partial charge is 0.406 e. The molecule has 1 fully saturated rings. The van der Waals surface area contributed by atoms with Gasteiger partial charge in [-0.3, -0.25) is 9.59 Å². The highest BCUT2D eigenvalue weighted by Crippen LogP contribution is 2.41. The van der Waals surface area contributed by atoms with Crippen LogP contribution in [0.25, 0.3) is 0 Å². The number of carboxylic acids is 1. The fourth-order valence-electron chi connectivity index (χ4n) is 2.02. The van der Waals surface area contributed by atoms with Crippen molar-refractivity contribution in [2.24, 2.45) is 11.1 Å². The van der Waals surface area contributed by atoms with Gasteiger partial charge in [0.2, 0.25) is 5.91 Å². The van der Waals surface area contributed by atoms with Gasteiger partial charge in [0.25, 0.3) is 0 Å². The van der Waals surface area contributed by atoms with Crippen molar-refractivity contribution in [2.45, 2.75) is 25.4 Å². The van der Waals surface area contributed by atoms with Crippen LogP contribution in [0, 0.1) is 5.41 Å². The summed E-state index contributed by atoms with van der Waals surface area (Å²) in [6.07, 6.45) is -3.08. The maximum absolute atomic E-state index is 12.3. The Balaban J connectivity index is 2.81. The number of aliphatic carboxylic acids is 1. The van der Waals surface area contributed by atoms with Gasteiger partial charge < -0.3 is 15.7 Å². The number of alkyl halides is 3. The second-order valence-electron chi connectivity index (χ2n) is 4.51. The Morgan fingerprint density at radius 2 is 1.89 bits per heavy atom. The number of rotatable bonds is 5. The molecule has 104 valence electrons. The van der Waals surface area contributed by atoms with Crippen molar-refractivity contribution in [3.63, 3.8) is 0 Å². The lowest BCUT2D eigenvalue weighted by Gasteiger charge is -2.42. The number of hydrogen-bond donors (Lipinski definition) is 2. The molecule has 0 aromatic carbocycles. The lowest BCUT2D eigenvalue weighted by atomic mass is 9.68. The quantitative estimate of drug-likeness (QED) is 0.764. The topological polar surface area (TPSA) is 83.6 Å². The number of hydrogen-bond acceptors (Lipinski definition) is 3. The van der Waals surface area contributed by atoms with Gasteiger partial charge in [-0.15, -0.1) is 0 Å². The van der Waals surface area contributed by atoms with E-state index in [1.165, 1.54) is 0 Å². The van der Waals surface area contributed by atoms with Crippen molar-refractivity contribution < 1.29 is 27.9 Å². The number of nitrogens with zero attached hydrogens (tertiary/aromatic N) is 1. The number of nitrogens with two attached hydrogens (primary N) is 1. The van der Waals surface area contributed by atoms with E-state index >= 15 is 0 Å². The molecule has 1 rings (SSSR count). The van der Waals surface area contributed by atoms with Crippen molar-refractivity contribution in [1.29, 1.82) is 0 Å². The normalized spacial score (nSPS) is 18.0. The largest absolute Gasteiger partial charge is 0.480 e. The summed E-state index contributed by atoms with van der Waals surface area (Å²) in [5.74, 6) is -2.28. The highest BCUT2D eigenvalue weighted by Gasteiger charge is 2.47. The van der Waals surface area contributed by atoms with Gasteiger partial charge in [0.15, 0.2) is 0 Å². The summed E-state index contributed by atoms with van der Waals surface area (Å²) >= 11 is 0. The zero-order valence-corrected chi connectivity index (χ0v) is 9.66. The Bertz CT molecular complexity index is 334. The third kappa shape index (κ3) is 3.34. The van der Waals surface area contributed by atoms with E-state index in [2.05, 4.69) is 0 Å². The van der Waals surface area contributed by atoms with Crippen LogP contribution in [0.3, 0.4) is 0 Å². The molecule has 3 N–H and O–H groups in total. The van der Waals surface area contributed by atoms with Crippen LogP contribution in [0.1, 0.15) is 19.3 Å². The molecule has 0 aliphatic heterocycles. The molecule has 1 saturated carbocycles. The summed E-state index contributed by atoms with van der Waals surface area (Å²) in [5.41, 5.74) is 4.43. The first-order chi connectivity index (χ1) is 8.20. The van der Waals surface area contributed by atoms with Crippen molar-refractivity contribution in [2.75, 3.05) is 19.6 Å². The molecule has 8 heteroatoms. The number of halogens is 3. The van der Waals surface area contributed by atoms with Crippen LogP contribution in [0.2, 0.25) is 0 Å². The summed E-state index contributed by atoms with van der Waals surface area (Å²) in [7, 11) is 0. The SMILES string of the molecule is NCC1(C(=O)N(CC(=O)O)CC(F)(F)F)CCC1. The van der Waals surface area contributed by atoms with E-state index in [9.17, 15) is 22.8 Å². The maximum atomic E-state index is 12.3. The molecule has 0 bridgehead atoms. The summed E-state index contributed by atoms with van der Waals surface area (Å²) in [6, 6.07) is 0. The van der Waals surface area contributed by atoms with Crippen LogP contribution < -0.4 is 5.73 Å². The Morgan fingerprint density at radius 3 is 2.17 bits per heavy atom. The van der Waals surface area contributed by atoms with Crippen molar-refractivity contribution in [3.8, 4) is 0 Å². The van der Waals surface area contributed by atoms with Gasteiger partial charge in [0, 0.05) is 6.54 Å². The molecular weight excluding hydrogens is 253 g/mol. The molecule has 1 amide bonds. The van der Waals surface area contributed by atoms with E-state index in [4.69, 9.17) is 10.8 Å². The molecular formula is C10H15F3N2O3. The molecule has 0 aromatic heterocycles. The minimum atomic E-state index is -4.62. The van der Waals surface area contributed by atoms with E-state index in [1.807, 2.05) is 0 Å².